The van der Waals surface area contributed by atoms with E-state index in [-0.39, 0.29) is 6.61 Å². The van der Waals surface area contributed by atoms with E-state index in [1.807, 2.05) is 32.0 Å². The molecule has 0 unspecified atom stereocenters. The van der Waals surface area contributed by atoms with Crippen molar-refractivity contribution < 1.29 is 28.9 Å². The number of Topliss-reactive ketones (excluding diaryl/α,β-unsaturated/α-hetero) is 1. The lowest BCUT2D eigenvalue weighted by Crippen LogP contribution is -2.38. The van der Waals surface area contributed by atoms with E-state index in [0.29, 0.717) is 55.2 Å². The van der Waals surface area contributed by atoms with Crippen LogP contribution in [0.25, 0.3) is 0 Å². The number of rotatable bonds is 14. The van der Waals surface area contributed by atoms with Crippen LogP contribution in [0.4, 0.5) is 11.4 Å². The summed E-state index contributed by atoms with van der Waals surface area (Å²) in [5.41, 5.74) is 1.23. The van der Waals surface area contributed by atoms with Crippen molar-refractivity contribution in [1.82, 2.24) is 4.90 Å². The van der Waals surface area contributed by atoms with Crippen LogP contribution >= 0.6 is 0 Å². The van der Waals surface area contributed by atoms with Crippen LogP contribution in [0.15, 0.2) is 48.5 Å². The zero-order valence-corrected chi connectivity index (χ0v) is 21.0. The highest BCUT2D eigenvalue weighted by Gasteiger charge is 2.36. The predicted molar refractivity (Wildman–Crippen MR) is 135 cm³/mol. The summed E-state index contributed by atoms with van der Waals surface area (Å²) in [4.78, 5) is 28.4. The topological polar surface area (TPSA) is 88.5 Å². The molecular formula is C27H36N2O6. The lowest BCUT2D eigenvalue weighted by molar-refractivity contribution is -0.113. The van der Waals surface area contributed by atoms with Crippen LogP contribution in [0.5, 0.6) is 5.75 Å². The maximum atomic E-state index is 12.5. The van der Waals surface area contributed by atoms with Crippen molar-refractivity contribution in [3.63, 3.8) is 0 Å². The summed E-state index contributed by atoms with van der Waals surface area (Å²) in [6, 6.07) is 14.5. The number of hydrogen-bond donors (Lipinski definition) is 1. The molecule has 1 amide bonds. The second kappa shape index (κ2) is 12.3. The summed E-state index contributed by atoms with van der Waals surface area (Å²) in [5.74, 6) is -0.333. The fourth-order valence-electron chi connectivity index (χ4n) is 3.91. The van der Waals surface area contributed by atoms with Gasteiger partial charge in [-0.3, -0.25) is 19.4 Å². The number of anilines is 2. The molecule has 3 rings (SSSR count). The van der Waals surface area contributed by atoms with Crippen molar-refractivity contribution in [3.8, 4) is 5.75 Å². The Morgan fingerprint density at radius 2 is 1.66 bits per heavy atom. The SMILES string of the molecule is CC(C)N(CCOCC(C)(C)OCCO)CCOc1ccc(N2C(=O)C(=O)c3ccccc32)cc1. The molecule has 0 aliphatic carbocycles. The standard InChI is InChI=1S/C27H36N2O6/c1-20(2)28(13-16-33-19-27(3,4)35-18-15-30)14-17-34-22-11-9-21(10-12-22)29-24-8-6-5-7-23(24)25(31)26(29)32/h5-12,20,30H,13-19H2,1-4H3. The van der Waals surface area contributed by atoms with E-state index in [2.05, 4.69) is 18.7 Å². The number of aliphatic hydroxyl groups is 1. The highest BCUT2D eigenvalue weighted by Crippen LogP contribution is 2.35. The van der Waals surface area contributed by atoms with Gasteiger partial charge in [0.05, 0.1) is 43.3 Å². The van der Waals surface area contributed by atoms with Crippen LogP contribution in [0, 0.1) is 0 Å². The first-order valence-electron chi connectivity index (χ1n) is 12.0. The van der Waals surface area contributed by atoms with Gasteiger partial charge >= 0.3 is 5.91 Å². The first kappa shape index (κ1) is 26.8. The number of aliphatic hydroxyl groups excluding tert-OH is 1. The molecule has 0 radical (unpaired) electrons. The Bertz CT molecular complexity index is 989. The molecule has 2 aromatic rings. The number of carbonyl (C=O) groups is 2. The van der Waals surface area contributed by atoms with E-state index in [0.717, 1.165) is 13.1 Å². The Labute approximate surface area is 207 Å². The smallest absolute Gasteiger partial charge is 0.304 e. The minimum Gasteiger partial charge on any atom is -0.492 e. The third kappa shape index (κ3) is 7.11. The number of benzene rings is 2. The normalized spacial score (nSPS) is 13.7. The minimum atomic E-state index is -0.544. The van der Waals surface area contributed by atoms with Crippen LogP contribution < -0.4 is 9.64 Å². The number of hydrogen-bond acceptors (Lipinski definition) is 7. The van der Waals surface area contributed by atoms with Crippen molar-refractivity contribution in [1.29, 1.82) is 0 Å². The van der Waals surface area contributed by atoms with Gasteiger partial charge in [0.15, 0.2) is 0 Å². The van der Waals surface area contributed by atoms with Crippen LogP contribution in [0.2, 0.25) is 0 Å². The van der Waals surface area contributed by atoms with Gasteiger partial charge < -0.3 is 19.3 Å². The summed E-state index contributed by atoms with van der Waals surface area (Å²) in [6.07, 6.45) is 0. The Morgan fingerprint density at radius 1 is 0.971 bits per heavy atom. The van der Waals surface area contributed by atoms with E-state index >= 15 is 0 Å². The summed E-state index contributed by atoms with van der Waals surface area (Å²) in [6.45, 7) is 11.5. The quantitative estimate of drug-likeness (QED) is 0.325. The maximum Gasteiger partial charge on any atom is 0.304 e. The van der Waals surface area contributed by atoms with Crippen molar-refractivity contribution in [3.05, 3.63) is 54.1 Å². The van der Waals surface area contributed by atoms with E-state index < -0.39 is 17.3 Å². The van der Waals surface area contributed by atoms with Gasteiger partial charge in [-0.15, -0.1) is 0 Å². The number of ketones is 1. The number of fused-ring (bicyclic) bond motifs is 1. The monoisotopic (exact) mass is 484 g/mol. The van der Waals surface area contributed by atoms with E-state index in [9.17, 15) is 9.59 Å². The summed E-state index contributed by atoms with van der Waals surface area (Å²) in [7, 11) is 0. The number of nitrogens with zero attached hydrogens (tertiary/aromatic N) is 2. The molecule has 35 heavy (non-hydrogen) atoms. The molecular weight excluding hydrogens is 448 g/mol. The Hall–Kier alpha value is -2.78. The van der Waals surface area contributed by atoms with Crippen molar-refractivity contribution in [2.24, 2.45) is 0 Å². The van der Waals surface area contributed by atoms with Crippen LogP contribution in [0.3, 0.4) is 0 Å². The van der Waals surface area contributed by atoms with E-state index in [1.54, 1.807) is 30.3 Å². The van der Waals surface area contributed by atoms with Crippen molar-refractivity contribution in [2.75, 3.05) is 51.0 Å². The molecule has 0 atom stereocenters. The molecule has 190 valence electrons. The molecule has 1 aliphatic heterocycles. The zero-order chi connectivity index (χ0) is 25.4. The average molecular weight is 485 g/mol. The third-order valence-corrected chi connectivity index (χ3v) is 5.82. The first-order valence-corrected chi connectivity index (χ1v) is 12.0. The molecule has 8 heteroatoms. The third-order valence-electron chi connectivity index (χ3n) is 5.82. The molecule has 1 N–H and O–H groups in total. The van der Waals surface area contributed by atoms with Gasteiger partial charge in [-0.05, 0) is 64.1 Å². The maximum absolute atomic E-state index is 12.5. The molecule has 0 saturated carbocycles. The highest BCUT2D eigenvalue weighted by atomic mass is 16.5. The molecule has 0 saturated heterocycles. The molecule has 0 fully saturated rings. The number of para-hydroxylation sites is 1. The van der Waals surface area contributed by atoms with Gasteiger partial charge in [0.2, 0.25) is 0 Å². The number of ether oxygens (including phenoxy) is 3. The van der Waals surface area contributed by atoms with Gasteiger partial charge in [-0.1, -0.05) is 12.1 Å². The van der Waals surface area contributed by atoms with Crippen LogP contribution in [-0.4, -0.2) is 79.5 Å². The summed E-state index contributed by atoms with van der Waals surface area (Å²) >= 11 is 0. The van der Waals surface area contributed by atoms with Crippen molar-refractivity contribution in [2.45, 2.75) is 39.3 Å². The second-order valence-electron chi connectivity index (χ2n) is 9.34. The molecule has 0 bridgehead atoms. The van der Waals surface area contributed by atoms with Gasteiger partial charge in [-0.25, -0.2) is 0 Å². The van der Waals surface area contributed by atoms with Crippen molar-refractivity contribution >= 4 is 23.1 Å². The molecule has 1 heterocycles. The fourth-order valence-corrected chi connectivity index (χ4v) is 3.91. The Kier molecular flexibility index (Phi) is 9.40. The highest BCUT2D eigenvalue weighted by molar-refractivity contribution is 6.53. The fraction of sp³-hybridized carbons (Fsp3) is 0.481. The molecule has 0 aromatic heterocycles. The van der Waals surface area contributed by atoms with Crippen LogP contribution in [0.1, 0.15) is 38.1 Å². The first-order chi connectivity index (χ1) is 16.7. The number of carbonyl (C=O) groups excluding carboxylic acids is 2. The largest absolute Gasteiger partial charge is 0.492 e. The summed E-state index contributed by atoms with van der Waals surface area (Å²) < 4.78 is 17.3. The average Bonchev–Trinajstić information content (AvgIpc) is 3.09. The molecule has 8 nitrogen and oxygen atoms in total. The number of amides is 1. The van der Waals surface area contributed by atoms with Gasteiger partial charge in [0.1, 0.15) is 12.4 Å². The van der Waals surface area contributed by atoms with E-state index in [4.69, 9.17) is 19.3 Å². The minimum absolute atomic E-state index is 0.00268. The zero-order valence-electron chi connectivity index (χ0n) is 21.0. The molecule has 2 aromatic carbocycles. The van der Waals surface area contributed by atoms with Gasteiger partial charge in [-0.2, -0.15) is 0 Å². The van der Waals surface area contributed by atoms with Gasteiger partial charge in [0.25, 0.3) is 5.78 Å². The van der Waals surface area contributed by atoms with E-state index in [1.165, 1.54) is 4.90 Å². The second-order valence-corrected chi connectivity index (χ2v) is 9.34. The van der Waals surface area contributed by atoms with Crippen LogP contribution in [-0.2, 0) is 14.3 Å². The lowest BCUT2D eigenvalue weighted by atomic mass is 10.1. The van der Waals surface area contributed by atoms with Gasteiger partial charge in [0, 0.05) is 24.8 Å². The molecule has 1 aliphatic rings. The Morgan fingerprint density at radius 3 is 2.34 bits per heavy atom. The lowest BCUT2D eigenvalue weighted by Gasteiger charge is -2.28. The Balaban J connectivity index is 1.47. The summed E-state index contributed by atoms with van der Waals surface area (Å²) in [5, 5.41) is 8.91. The molecule has 0 spiro atoms. The predicted octanol–water partition coefficient (Wildman–Crippen LogP) is 3.44.